The molecule has 146 valence electrons. The Morgan fingerprint density at radius 1 is 1.00 bits per heavy atom. The van der Waals surface area contributed by atoms with Crippen LogP contribution in [0.25, 0.3) is 21.9 Å². The van der Waals surface area contributed by atoms with Crippen LogP contribution in [0.15, 0.2) is 57.7 Å². The fourth-order valence-electron chi connectivity index (χ4n) is 2.99. The second-order valence-corrected chi connectivity index (χ2v) is 6.30. The first-order valence-corrected chi connectivity index (χ1v) is 8.35. The van der Waals surface area contributed by atoms with E-state index in [1.165, 1.54) is 30.3 Å². The van der Waals surface area contributed by atoms with Crippen molar-refractivity contribution in [2.75, 3.05) is 0 Å². The van der Waals surface area contributed by atoms with Crippen molar-refractivity contribution in [1.82, 2.24) is 0 Å². The normalized spacial score (nSPS) is 11.0. The first-order chi connectivity index (χ1) is 13.8. The molecule has 0 saturated heterocycles. The first-order valence-electron chi connectivity index (χ1n) is 8.35. The molecule has 29 heavy (non-hydrogen) atoms. The number of hydrogen-bond acceptors (Lipinski definition) is 8. The Kier molecular flexibility index (Phi) is 4.19. The molecule has 1 heterocycles. The molecule has 0 spiro atoms. The summed E-state index contributed by atoms with van der Waals surface area (Å²) in [6.45, 7) is -0.0987. The molecule has 4 rings (SSSR count). The highest BCUT2D eigenvalue weighted by Gasteiger charge is 2.17. The van der Waals surface area contributed by atoms with E-state index >= 15 is 0 Å². The van der Waals surface area contributed by atoms with Crippen LogP contribution in [0.2, 0.25) is 0 Å². The van der Waals surface area contributed by atoms with Crippen LogP contribution >= 0.6 is 0 Å². The third-order valence-corrected chi connectivity index (χ3v) is 4.33. The molecule has 9 heteroatoms. The minimum Gasteiger partial charge on any atom is -0.508 e. The number of aromatic hydroxyl groups is 3. The molecule has 4 aromatic rings. The van der Waals surface area contributed by atoms with Gasteiger partial charge in [0.05, 0.1) is 10.3 Å². The van der Waals surface area contributed by atoms with Gasteiger partial charge in [0.1, 0.15) is 34.7 Å². The summed E-state index contributed by atoms with van der Waals surface area (Å²) in [6, 6.07) is 10.4. The molecule has 0 atom stereocenters. The van der Waals surface area contributed by atoms with E-state index in [1.807, 2.05) is 0 Å². The van der Waals surface area contributed by atoms with Gasteiger partial charge in [0.2, 0.25) is 5.43 Å². The fraction of sp³-hybridized carbons (Fsp3) is 0.0500. The topological polar surface area (TPSA) is 143 Å². The van der Waals surface area contributed by atoms with Crippen LogP contribution < -0.4 is 10.2 Å². The summed E-state index contributed by atoms with van der Waals surface area (Å²) in [5, 5.41) is 40.2. The Morgan fingerprint density at radius 2 is 1.76 bits per heavy atom. The highest BCUT2D eigenvalue weighted by molar-refractivity contribution is 5.95. The molecule has 0 saturated carbocycles. The highest BCUT2D eigenvalue weighted by Crippen LogP contribution is 2.34. The molecule has 0 amide bonds. The lowest BCUT2D eigenvalue weighted by molar-refractivity contribution is -0.384. The SMILES string of the molecule is O=c1c2cc(O)c(O)cc2oc2cc(O)cc(OCc3cccc([N+](=O)[O-])c3)c12. The average molecular weight is 395 g/mol. The Morgan fingerprint density at radius 3 is 2.52 bits per heavy atom. The van der Waals surface area contributed by atoms with Gasteiger partial charge in [-0.3, -0.25) is 14.9 Å². The van der Waals surface area contributed by atoms with E-state index in [0.29, 0.717) is 5.56 Å². The zero-order valence-electron chi connectivity index (χ0n) is 14.7. The summed E-state index contributed by atoms with van der Waals surface area (Å²) < 4.78 is 11.2. The summed E-state index contributed by atoms with van der Waals surface area (Å²) in [7, 11) is 0. The van der Waals surface area contributed by atoms with Gasteiger partial charge in [-0.2, -0.15) is 0 Å². The van der Waals surface area contributed by atoms with Gasteiger partial charge in [0, 0.05) is 30.3 Å². The average Bonchev–Trinajstić information content (AvgIpc) is 2.68. The van der Waals surface area contributed by atoms with Crippen molar-refractivity contribution in [2.45, 2.75) is 6.61 Å². The molecule has 0 aliphatic heterocycles. The van der Waals surface area contributed by atoms with Gasteiger partial charge in [0.15, 0.2) is 11.5 Å². The van der Waals surface area contributed by atoms with Gasteiger partial charge in [-0.1, -0.05) is 12.1 Å². The largest absolute Gasteiger partial charge is 0.508 e. The molecular formula is C20H13NO8. The Hall–Kier alpha value is -4.27. The van der Waals surface area contributed by atoms with Crippen molar-refractivity contribution < 1.29 is 29.4 Å². The zero-order chi connectivity index (χ0) is 20.7. The van der Waals surface area contributed by atoms with Crippen LogP contribution in [0.4, 0.5) is 5.69 Å². The molecule has 0 unspecified atom stereocenters. The van der Waals surface area contributed by atoms with Crippen LogP contribution in [-0.2, 0) is 6.61 Å². The summed E-state index contributed by atoms with van der Waals surface area (Å²) in [5.74, 6) is -1.16. The van der Waals surface area contributed by atoms with Gasteiger partial charge in [-0.25, -0.2) is 0 Å². The Labute approximate surface area is 161 Å². The van der Waals surface area contributed by atoms with Crippen LogP contribution in [-0.4, -0.2) is 20.2 Å². The molecule has 0 aliphatic carbocycles. The number of nitro groups is 1. The number of nitrogens with zero attached hydrogens (tertiary/aromatic N) is 1. The van der Waals surface area contributed by atoms with Gasteiger partial charge >= 0.3 is 0 Å². The predicted molar refractivity (Wildman–Crippen MR) is 102 cm³/mol. The number of ether oxygens (including phenoxy) is 1. The second-order valence-electron chi connectivity index (χ2n) is 6.30. The molecule has 9 nitrogen and oxygen atoms in total. The van der Waals surface area contributed by atoms with Crippen LogP contribution in [0.3, 0.4) is 0 Å². The smallest absolute Gasteiger partial charge is 0.269 e. The summed E-state index contributed by atoms with van der Waals surface area (Å²) in [6.07, 6.45) is 0. The minimum absolute atomic E-state index is 0.00900. The predicted octanol–water partition coefficient (Wildman–Crippen LogP) is 3.55. The number of benzene rings is 3. The van der Waals surface area contributed by atoms with Crippen molar-refractivity contribution >= 4 is 27.6 Å². The number of fused-ring (bicyclic) bond motifs is 2. The number of phenolic OH excluding ortho intramolecular Hbond substituents is 3. The zero-order valence-corrected chi connectivity index (χ0v) is 14.7. The van der Waals surface area contributed by atoms with Gasteiger partial charge in [-0.15, -0.1) is 0 Å². The van der Waals surface area contributed by atoms with E-state index in [1.54, 1.807) is 6.07 Å². The quantitative estimate of drug-likeness (QED) is 0.206. The molecule has 3 N–H and O–H groups in total. The lowest BCUT2D eigenvalue weighted by Gasteiger charge is -2.11. The second kappa shape index (κ2) is 6.71. The summed E-state index contributed by atoms with van der Waals surface area (Å²) in [4.78, 5) is 23.3. The van der Waals surface area contributed by atoms with Crippen LogP contribution in [0.5, 0.6) is 23.0 Å². The summed E-state index contributed by atoms with van der Waals surface area (Å²) >= 11 is 0. The first kappa shape index (κ1) is 18.1. The van der Waals surface area contributed by atoms with Gasteiger partial charge in [0.25, 0.3) is 5.69 Å². The number of phenols is 3. The van der Waals surface area contributed by atoms with Gasteiger partial charge in [-0.05, 0) is 11.6 Å². The molecular weight excluding hydrogens is 382 g/mol. The third kappa shape index (κ3) is 3.25. The number of hydrogen-bond donors (Lipinski definition) is 3. The van der Waals surface area contributed by atoms with Crippen molar-refractivity contribution in [2.24, 2.45) is 0 Å². The molecule has 0 aliphatic rings. The van der Waals surface area contributed by atoms with E-state index in [4.69, 9.17) is 9.15 Å². The van der Waals surface area contributed by atoms with Gasteiger partial charge < -0.3 is 24.5 Å². The fourth-order valence-corrected chi connectivity index (χ4v) is 2.99. The van der Waals surface area contributed by atoms with E-state index in [0.717, 1.165) is 12.1 Å². The molecule has 0 fully saturated rings. The highest BCUT2D eigenvalue weighted by atomic mass is 16.6. The monoisotopic (exact) mass is 395 g/mol. The molecule has 1 aromatic heterocycles. The lowest BCUT2D eigenvalue weighted by atomic mass is 10.1. The maximum absolute atomic E-state index is 12.9. The van der Waals surface area contributed by atoms with Crippen molar-refractivity contribution in [3.8, 4) is 23.0 Å². The van der Waals surface area contributed by atoms with Crippen LogP contribution in [0.1, 0.15) is 5.56 Å². The number of nitro benzene ring substituents is 1. The number of non-ortho nitro benzene ring substituents is 1. The Balaban J connectivity index is 1.83. The standard InChI is InChI=1S/C20H13NO8/c22-12-5-17(28-9-10-2-1-3-11(4-10)21(26)27)19-18(6-12)29-16-8-15(24)14(23)7-13(16)20(19)25/h1-8,22-24H,9H2. The van der Waals surface area contributed by atoms with E-state index in [-0.39, 0.29) is 45.7 Å². The molecule has 0 radical (unpaired) electrons. The maximum Gasteiger partial charge on any atom is 0.269 e. The molecule has 0 bridgehead atoms. The lowest BCUT2D eigenvalue weighted by Crippen LogP contribution is -2.06. The third-order valence-electron chi connectivity index (χ3n) is 4.33. The minimum atomic E-state index is -0.536. The Bertz CT molecular complexity index is 1340. The van der Waals surface area contributed by atoms with Crippen molar-refractivity contribution in [1.29, 1.82) is 0 Å². The van der Waals surface area contributed by atoms with E-state index in [2.05, 4.69) is 0 Å². The van der Waals surface area contributed by atoms with Crippen molar-refractivity contribution in [3.05, 3.63) is 74.4 Å². The number of rotatable bonds is 4. The molecule has 3 aromatic carbocycles. The summed E-state index contributed by atoms with van der Waals surface area (Å²) in [5.41, 5.74) is -0.114. The maximum atomic E-state index is 12.9. The van der Waals surface area contributed by atoms with E-state index in [9.17, 15) is 30.2 Å². The van der Waals surface area contributed by atoms with Crippen LogP contribution in [0, 0.1) is 10.1 Å². The van der Waals surface area contributed by atoms with Crippen molar-refractivity contribution in [3.63, 3.8) is 0 Å². The van der Waals surface area contributed by atoms with E-state index < -0.39 is 21.9 Å².